The first-order valence-corrected chi connectivity index (χ1v) is 14.6. The average molecular weight is 533 g/mol. The molecule has 2 atom stereocenters. The van der Waals surface area contributed by atoms with Crippen molar-refractivity contribution in [1.29, 1.82) is 0 Å². The monoisotopic (exact) mass is 532 g/mol. The van der Waals surface area contributed by atoms with Crippen LogP contribution >= 0.6 is 12.8 Å². The maximum atomic E-state index is 4.48. The van der Waals surface area contributed by atoms with E-state index < -0.39 is 0 Å². The van der Waals surface area contributed by atoms with Crippen LogP contribution in [-0.4, -0.2) is 41.6 Å². The van der Waals surface area contributed by atoms with Gasteiger partial charge in [0.25, 0.3) is 0 Å². The fourth-order valence-electron chi connectivity index (χ4n) is 5.09. The van der Waals surface area contributed by atoms with Gasteiger partial charge in [-0.25, -0.2) is 0 Å². The number of hydrogen-bond acceptors (Lipinski definition) is 7. The summed E-state index contributed by atoms with van der Waals surface area (Å²) >= 11 is 4.26. The molecule has 0 amide bonds. The summed E-state index contributed by atoms with van der Waals surface area (Å²) in [5.41, 5.74) is 6.48. The number of aromatic nitrogens is 1. The lowest BCUT2D eigenvalue weighted by Crippen LogP contribution is -2.42. The second-order valence-electron chi connectivity index (χ2n) is 10.4. The smallest absolute Gasteiger partial charge is 0.0496 e. The third-order valence-corrected chi connectivity index (χ3v) is 7.63. The van der Waals surface area contributed by atoms with Crippen molar-refractivity contribution >= 4 is 29.9 Å². The van der Waals surface area contributed by atoms with Crippen molar-refractivity contribution in [2.45, 2.75) is 70.5 Å². The van der Waals surface area contributed by atoms with Gasteiger partial charge < -0.3 is 16.0 Å². The lowest BCUT2D eigenvalue weighted by molar-refractivity contribution is 0.196. The molecular weight excluding hydrogens is 488 g/mol. The largest absolute Gasteiger partial charge is 0.391 e. The molecule has 0 radical (unpaired) electrons. The molecule has 2 unspecified atom stereocenters. The fourth-order valence-corrected chi connectivity index (χ4v) is 5.30. The van der Waals surface area contributed by atoms with E-state index in [4.69, 9.17) is 0 Å². The Morgan fingerprint density at radius 2 is 2.08 bits per heavy atom. The molecule has 0 aliphatic carbocycles. The molecule has 0 saturated carbocycles. The minimum atomic E-state index is 0.343. The summed E-state index contributed by atoms with van der Waals surface area (Å²) in [6.07, 6.45) is 19.0. The predicted molar refractivity (Wildman–Crippen MR) is 165 cm³/mol. The van der Waals surface area contributed by atoms with Crippen LogP contribution in [0.15, 0.2) is 67.7 Å². The molecule has 6 nitrogen and oxygen atoms in total. The van der Waals surface area contributed by atoms with Crippen LogP contribution in [0, 0.1) is 0 Å². The van der Waals surface area contributed by atoms with E-state index in [1.165, 1.54) is 55.3 Å². The van der Waals surface area contributed by atoms with E-state index in [0.717, 1.165) is 49.5 Å². The molecule has 0 spiro atoms. The van der Waals surface area contributed by atoms with Gasteiger partial charge in [0.2, 0.25) is 0 Å². The molecule has 2 aromatic rings. The van der Waals surface area contributed by atoms with Crippen LogP contribution in [0.3, 0.4) is 0 Å². The van der Waals surface area contributed by atoms with E-state index in [0.29, 0.717) is 12.1 Å². The van der Waals surface area contributed by atoms with Crippen LogP contribution in [-0.2, 0) is 6.54 Å². The van der Waals surface area contributed by atoms with Gasteiger partial charge in [-0.05, 0) is 73.8 Å². The Hall–Kier alpha value is -2.74. The van der Waals surface area contributed by atoms with Crippen LogP contribution in [0.4, 0.5) is 5.69 Å². The molecule has 1 aromatic heterocycles. The molecule has 1 saturated heterocycles. The number of pyridine rings is 1. The molecule has 1 fully saturated rings. The number of benzene rings is 1. The highest BCUT2D eigenvalue weighted by Crippen LogP contribution is 2.24. The van der Waals surface area contributed by atoms with Crippen LogP contribution in [0.1, 0.15) is 68.6 Å². The topological polar surface area (TPSA) is 64.2 Å². The van der Waals surface area contributed by atoms with Crippen LogP contribution in [0.5, 0.6) is 0 Å². The second-order valence-corrected chi connectivity index (χ2v) is 10.7. The number of nitrogens with zero attached hydrogens (tertiary/aromatic N) is 2. The normalized spacial score (nSPS) is 19.8. The van der Waals surface area contributed by atoms with Gasteiger partial charge in [-0.15, -0.1) is 0 Å². The molecule has 0 bridgehead atoms. The van der Waals surface area contributed by atoms with Crippen molar-refractivity contribution in [3.05, 3.63) is 84.3 Å². The molecule has 204 valence electrons. The van der Waals surface area contributed by atoms with E-state index >= 15 is 0 Å². The number of anilines is 1. The Balaban J connectivity index is 1.24. The number of piperidine rings is 1. The Labute approximate surface area is 234 Å². The highest BCUT2D eigenvalue weighted by molar-refractivity contribution is 7.78. The van der Waals surface area contributed by atoms with Crippen LogP contribution in [0.2, 0.25) is 0 Å². The molecule has 2 aliphatic heterocycles. The van der Waals surface area contributed by atoms with E-state index in [1.807, 2.05) is 12.4 Å². The third-order valence-electron chi connectivity index (χ3n) is 7.27. The molecule has 7 heteroatoms. The van der Waals surface area contributed by atoms with Gasteiger partial charge in [0.15, 0.2) is 0 Å². The van der Waals surface area contributed by atoms with Crippen molar-refractivity contribution in [3.8, 4) is 0 Å². The summed E-state index contributed by atoms with van der Waals surface area (Å²) < 4.78 is 3.12. The molecule has 2 aliphatic rings. The van der Waals surface area contributed by atoms with Crippen LogP contribution in [0.25, 0.3) is 11.4 Å². The highest BCUT2D eigenvalue weighted by atomic mass is 32.1. The first-order chi connectivity index (χ1) is 18.6. The third kappa shape index (κ3) is 8.65. The fraction of sp³-hybridized carbons (Fsp3) is 0.452. The Kier molecular flexibility index (Phi) is 11.2. The zero-order valence-corrected chi connectivity index (χ0v) is 23.6. The van der Waals surface area contributed by atoms with Crippen molar-refractivity contribution < 1.29 is 0 Å². The zero-order chi connectivity index (χ0) is 26.6. The Morgan fingerprint density at radius 3 is 2.89 bits per heavy atom. The van der Waals surface area contributed by atoms with E-state index in [9.17, 15) is 0 Å². The van der Waals surface area contributed by atoms with Gasteiger partial charge in [0, 0.05) is 66.8 Å². The van der Waals surface area contributed by atoms with Gasteiger partial charge in [-0.2, -0.15) is 0 Å². The van der Waals surface area contributed by atoms with Gasteiger partial charge in [-0.1, -0.05) is 63.8 Å². The minimum Gasteiger partial charge on any atom is -0.391 e. The quantitative estimate of drug-likeness (QED) is 0.153. The molecule has 4 N–H and O–H groups in total. The number of likely N-dealkylation sites (tertiary alicyclic amines) is 1. The summed E-state index contributed by atoms with van der Waals surface area (Å²) in [5.74, 6) is 0. The highest BCUT2D eigenvalue weighted by Gasteiger charge is 2.19. The van der Waals surface area contributed by atoms with Crippen molar-refractivity contribution in [3.63, 3.8) is 0 Å². The first-order valence-electron chi connectivity index (χ1n) is 14.1. The van der Waals surface area contributed by atoms with E-state index in [2.05, 4.69) is 106 Å². The number of nitrogens with one attached hydrogen (secondary N) is 4. The summed E-state index contributed by atoms with van der Waals surface area (Å²) in [7, 11) is 0. The summed E-state index contributed by atoms with van der Waals surface area (Å²) in [6, 6.07) is 11.5. The second kappa shape index (κ2) is 15.0. The zero-order valence-electron chi connectivity index (χ0n) is 22.8. The van der Waals surface area contributed by atoms with Crippen molar-refractivity contribution in [1.82, 2.24) is 25.2 Å². The number of unbranched alkanes of at least 4 members (excludes halogenated alkanes) is 3. The maximum Gasteiger partial charge on any atom is 0.0496 e. The van der Waals surface area contributed by atoms with Gasteiger partial charge >= 0.3 is 0 Å². The minimum absolute atomic E-state index is 0.343. The number of hydrogen-bond donors (Lipinski definition) is 5. The maximum absolute atomic E-state index is 4.48. The molecule has 3 heterocycles. The van der Waals surface area contributed by atoms with Gasteiger partial charge in [-0.3, -0.25) is 14.6 Å². The first kappa shape index (κ1) is 28.3. The van der Waals surface area contributed by atoms with Gasteiger partial charge in [0.05, 0.1) is 0 Å². The van der Waals surface area contributed by atoms with E-state index in [1.54, 1.807) is 0 Å². The SMILES string of the molecule is C=C(Nc1ccc(C2=CCC(/C=C/NCCCCCC)N2)cc1)c1cncc(CN2CCCC(NS)C2)c1. The Bertz CT molecular complexity index is 1080. The molecule has 38 heavy (non-hydrogen) atoms. The molecular formula is C31H44N6S. The standard InChI is InChI=1S/C31H44N6S/c1-3-4-5-6-16-32-17-15-29-13-14-31(35-29)26-9-11-28(12-10-26)34-24(2)27-19-25(20-33-21-27)22-37-18-7-8-30(23-37)36-38/h9-12,14-15,17,19-21,29-30,32,34-36,38H,2-8,13,16,18,22-23H2,1H3/b17-15+. The summed E-state index contributed by atoms with van der Waals surface area (Å²) in [6.45, 7) is 10.6. The number of thiol groups is 1. The predicted octanol–water partition coefficient (Wildman–Crippen LogP) is 5.95. The summed E-state index contributed by atoms with van der Waals surface area (Å²) in [5, 5.41) is 10.5. The van der Waals surface area contributed by atoms with Crippen molar-refractivity contribution in [2.75, 3.05) is 25.0 Å². The van der Waals surface area contributed by atoms with Gasteiger partial charge in [0.1, 0.15) is 0 Å². The Morgan fingerprint density at radius 1 is 1.21 bits per heavy atom. The van der Waals surface area contributed by atoms with E-state index in [-0.39, 0.29) is 0 Å². The summed E-state index contributed by atoms with van der Waals surface area (Å²) in [4.78, 5) is 6.95. The average Bonchev–Trinajstić information content (AvgIpc) is 3.42. The van der Waals surface area contributed by atoms with Crippen molar-refractivity contribution in [2.24, 2.45) is 0 Å². The molecule has 1 aromatic carbocycles. The number of rotatable bonds is 14. The lowest BCUT2D eigenvalue weighted by atomic mass is 10.1. The molecule has 4 rings (SSSR count). The van der Waals surface area contributed by atoms with Crippen LogP contribution < -0.4 is 20.7 Å². The lowest BCUT2D eigenvalue weighted by Gasteiger charge is -2.32.